The molecule has 0 unspecified atom stereocenters. The molecule has 0 aliphatic rings. The fourth-order valence-electron chi connectivity index (χ4n) is 1.70. The SMILES string of the molecule is CN(C)CCCOc1ccc2ccc(=O)oc2c1. The maximum absolute atomic E-state index is 11.1. The third kappa shape index (κ3) is 3.34. The summed E-state index contributed by atoms with van der Waals surface area (Å²) in [6.07, 6.45) is 0.962. The van der Waals surface area contributed by atoms with Gasteiger partial charge in [-0.3, -0.25) is 0 Å². The first-order valence-corrected chi connectivity index (χ1v) is 5.96. The van der Waals surface area contributed by atoms with Gasteiger partial charge in [0.2, 0.25) is 0 Å². The van der Waals surface area contributed by atoms with Gasteiger partial charge in [-0.25, -0.2) is 4.79 Å². The van der Waals surface area contributed by atoms with Crippen molar-refractivity contribution in [3.63, 3.8) is 0 Å². The average Bonchev–Trinajstić information content (AvgIpc) is 2.34. The van der Waals surface area contributed by atoms with E-state index in [0.717, 1.165) is 24.1 Å². The van der Waals surface area contributed by atoms with E-state index in [1.54, 1.807) is 12.1 Å². The Kier molecular flexibility index (Phi) is 3.99. The molecule has 2 rings (SSSR count). The molecule has 0 N–H and O–H groups in total. The van der Waals surface area contributed by atoms with Crippen LogP contribution < -0.4 is 10.4 Å². The Labute approximate surface area is 106 Å². The summed E-state index contributed by atoms with van der Waals surface area (Å²) in [5.74, 6) is 0.732. The molecule has 1 aromatic carbocycles. The van der Waals surface area contributed by atoms with Crippen molar-refractivity contribution in [3.05, 3.63) is 40.8 Å². The van der Waals surface area contributed by atoms with Crippen molar-refractivity contribution in [1.82, 2.24) is 4.90 Å². The number of nitrogens with zero attached hydrogens (tertiary/aromatic N) is 1. The molecule has 0 aliphatic heterocycles. The molecule has 0 amide bonds. The van der Waals surface area contributed by atoms with E-state index in [1.807, 2.05) is 26.2 Å². The molecule has 0 fully saturated rings. The van der Waals surface area contributed by atoms with E-state index < -0.39 is 0 Å². The molecule has 2 aromatic rings. The van der Waals surface area contributed by atoms with E-state index in [-0.39, 0.29) is 5.63 Å². The van der Waals surface area contributed by atoms with Crippen LogP contribution in [0.3, 0.4) is 0 Å². The van der Waals surface area contributed by atoms with Crippen LogP contribution >= 0.6 is 0 Å². The molecule has 96 valence electrons. The summed E-state index contributed by atoms with van der Waals surface area (Å²) >= 11 is 0. The van der Waals surface area contributed by atoms with Crippen LogP contribution in [0.2, 0.25) is 0 Å². The van der Waals surface area contributed by atoms with Gasteiger partial charge in [-0.2, -0.15) is 0 Å². The van der Waals surface area contributed by atoms with E-state index in [9.17, 15) is 4.79 Å². The third-order valence-electron chi connectivity index (χ3n) is 2.61. The number of rotatable bonds is 5. The van der Waals surface area contributed by atoms with Crippen molar-refractivity contribution in [3.8, 4) is 5.75 Å². The highest BCUT2D eigenvalue weighted by molar-refractivity contribution is 5.77. The van der Waals surface area contributed by atoms with E-state index in [0.29, 0.717) is 12.2 Å². The second kappa shape index (κ2) is 5.69. The van der Waals surface area contributed by atoms with E-state index in [4.69, 9.17) is 9.15 Å². The van der Waals surface area contributed by atoms with Crippen molar-refractivity contribution in [1.29, 1.82) is 0 Å². The molecule has 18 heavy (non-hydrogen) atoms. The summed E-state index contributed by atoms with van der Waals surface area (Å²) in [6.45, 7) is 1.64. The Balaban J connectivity index is 2.03. The number of ether oxygens (including phenoxy) is 1. The minimum absolute atomic E-state index is 0.341. The first kappa shape index (κ1) is 12.6. The lowest BCUT2D eigenvalue weighted by Crippen LogP contribution is -2.15. The Hall–Kier alpha value is -1.81. The zero-order valence-corrected chi connectivity index (χ0v) is 10.7. The zero-order chi connectivity index (χ0) is 13.0. The highest BCUT2D eigenvalue weighted by atomic mass is 16.5. The summed E-state index contributed by atoms with van der Waals surface area (Å²) in [5, 5.41) is 0.898. The van der Waals surface area contributed by atoms with E-state index in [2.05, 4.69) is 4.90 Å². The fraction of sp³-hybridized carbons (Fsp3) is 0.357. The minimum atomic E-state index is -0.341. The Morgan fingerprint density at radius 1 is 1.22 bits per heavy atom. The second-order valence-corrected chi connectivity index (χ2v) is 4.46. The maximum Gasteiger partial charge on any atom is 0.336 e. The van der Waals surface area contributed by atoms with Gasteiger partial charge in [-0.1, -0.05) is 0 Å². The zero-order valence-electron chi connectivity index (χ0n) is 10.7. The molecule has 0 saturated carbocycles. The summed E-state index contributed by atoms with van der Waals surface area (Å²) in [5.41, 5.74) is 0.222. The highest BCUT2D eigenvalue weighted by Gasteiger charge is 2.00. The number of hydrogen-bond acceptors (Lipinski definition) is 4. The third-order valence-corrected chi connectivity index (χ3v) is 2.61. The van der Waals surface area contributed by atoms with Crippen LogP contribution in [0.5, 0.6) is 5.75 Å². The lowest BCUT2D eigenvalue weighted by molar-refractivity contribution is 0.281. The molecule has 4 nitrogen and oxygen atoms in total. The first-order chi connectivity index (χ1) is 8.65. The molecule has 4 heteroatoms. The normalized spacial score (nSPS) is 11.1. The smallest absolute Gasteiger partial charge is 0.336 e. The fourth-order valence-corrected chi connectivity index (χ4v) is 1.70. The van der Waals surface area contributed by atoms with Crippen molar-refractivity contribution in [2.45, 2.75) is 6.42 Å². The average molecular weight is 247 g/mol. The Bertz CT molecular complexity index is 575. The lowest BCUT2D eigenvalue weighted by Gasteiger charge is -2.10. The number of benzene rings is 1. The van der Waals surface area contributed by atoms with Crippen LogP contribution in [-0.4, -0.2) is 32.1 Å². The first-order valence-electron chi connectivity index (χ1n) is 5.96. The van der Waals surface area contributed by atoms with E-state index >= 15 is 0 Å². The predicted octanol–water partition coefficient (Wildman–Crippen LogP) is 2.12. The standard InChI is InChI=1S/C14H17NO3/c1-15(2)8-3-9-17-12-6-4-11-5-7-14(16)18-13(11)10-12/h4-7,10H,3,8-9H2,1-2H3. The van der Waals surface area contributed by atoms with Crippen LogP contribution in [0.15, 0.2) is 39.5 Å². The van der Waals surface area contributed by atoms with Gasteiger partial charge in [0.1, 0.15) is 11.3 Å². The molecule has 0 bridgehead atoms. The summed E-state index contributed by atoms with van der Waals surface area (Å²) < 4.78 is 10.7. The molecule has 0 aliphatic carbocycles. The van der Waals surface area contributed by atoms with Crippen molar-refractivity contribution in [2.75, 3.05) is 27.2 Å². The Morgan fingerprint density at radius 3 is 2.78 bits per heavy atom. The number of fused-ring (bicyclic) bond motifs is 1. The molecule has 1 aromatic heterocycles. The predicted molar refractivity (Wildman–Crippen MR) is 71.2 cm³/mol. The van der Waals surface area contributed by atoms with Gasteiger partial charge in [0.05, 0.1) is 6.61 Å². The Morgan fingerprint density at radius 2 is 2.00 bits per heavy atom. The molecule has 0 radical (unpaired) electrons. The van der Waals surface area contributed by atoms with Gasteiger partial charge in [0, 0.05) is 24.1 Å². The molecular formula is C14H17NO3. The largest absolute Gasteiger partial charge is 0.493 e. The maximum atomic E-state index is 11.1. The molecule has 1 heterocycles. The molecule has 0 atom stereocenters. The van der Waals surface area contributed by atoms with Gasteiger partial charge >= 0.3 is 5.63 Å². The van der Waals surface area contributed by atoms with Crippen molar-refractivity contribution < 1.29 is 9.15 Å². The van der Waals surface area contributed by atoms with Gasteiger partial charge in [-0.15, -0.1) is 0 Å². The van der Waals surface area contributed by atoms with Gasteiger partial charge < -0.3 is 14.1 Å². The lowest BCUT2D eigenvalue weighted by atomic mass is 10.2. The molecule has 0 saturated heterocycles. The van der Waals surface area contributed by atoms with Crippen molar-refractivity contribution in [2.24, 2.45) is 0 Å². The van der Waals surface area contributed by atoms with Gasteiger partial charge in [-0.05, 0) is 38.7 Å². The van der Waals surface area contributed by atoms with Gasteiger partial charge in [0.25, 0.3) is 0 Å². The summed E-state index contributed by atoms with van der Waals surface area (Å²) in [6, 6.07) is 8.70. The van der Waals surface area contributed by atoms with E-state index in [1.165, 1.54) is 6.07 Å². The monoisotopic (exact) mass is 247 g/mol. The van der Waals surface area contributed by atoms with Crippen LogP contribution in [0.4, 0.5) is 0 Å². The van der Waals surface area contributed by atoms with Crippen LogP contribution in [0.1, 0.15) is 6.42 Å². The topological polar surface area (TPSA) is 42.7 Å². The highest BCUT2D eigenvalue weighted by Crippen LogP contribution is 2.19. The van der Waals surface area contributed by atoms with Crippen LogP contribution in [0.25, 0.3) is 11.0 Å². The van der Waals surface area contributed by atoms with Gasteiger partial charge in [0.15, 0.2) is 0 Å². The van der Waals surface area contributed by atoms with Crippen LogP contribution in [0, 0.1) is 0 Å². The van der Waals surface area contributed by atoms with Crippen molar-refractivity contribution >= 4 is 11.0 Å². The molecule has 0 spiro atoms. The minimum Gasteiger partial charge on any atom is -0.493 e. The summed E-state index contributed by atoms with van der Waals surface area (Å²) in [4.78, 5) is 13.2. The van der Waals surface area contributed by atoms with Crippen LogP contribution in [-0.2, 0) is 0 Å². The quantitative estimate of drug-likeness (QED) is 0.599. The summed E-state index contributed by atoms with van der Waals surface area (Å²) in [7, 11) is 4.06. The second-order valence-electron chi connectivity index (χ2n) is 4.46. The molecular weight excluding hydrogens is 230 g/mol. The number of hydrogen-bond donors (Lipinski definition) is 0.